The van der Waals surface area contributed by atoms with Gasteiger partial charge in [0.05, 0.1) is 30.1 Å². The molecule has 8 nitrogen and oxygen atoms in total. The summed E-state index contributed by atoms with van der Waals surface area (Å²) < 4.78 is 47.8. The molecule has 168 valence electrons. The Hall–Kier alpha value is -3.18. The highest BCUT2D eigenvalue weighted by Crippen LogP contribution is 2.41. The molecule has 5 rings (SSSR count). The van der Waals surface area contributed by atoms with Gasteiger partial charge < -0.3 is 15.5 Å². The normalized spacial score (nSPS) is 21.2. The maximum atomic E-state index is 13.3. The average molecular weight is 446 g/mol. The highest BCUT2D eigenvalue weighted by Gasteiger charge is 2.45. The number of nitrogens with zero attached hydrogens (tertiary/aromatic N) is 4. The van der Waals surface area contributed by atoms with Crippen LogP contribution in [0.15, 0.2) is 41.3 Å². The Labute approximate surface area is 180 Å². The van der Waals surface area contributed by atoms with Gasteiger partial charge in [0, 0.05) is 43.2 Å². The molecule has 32 heavy (non-hydrogen) atoms. The Morgan fingerprint density at radius 1 is 1.25 bits per heavy atom. The number of ether oxygens (including phenoxy) is 1. The number of aromatic amines is 1. The number of H-pyrrole nitrogens is 1. The number of anilines is 1. The van der Waals surface area contributed by atoms with Crippen molar-refractivity contribution in [3.05, 3.63) is 63.8 Å². The van der Waals surface area contributed by atoms with Gasteiger partial charge in [0.25, 0.3) is 0 Å². The molecular weight excluding hydrogens is 425 g/mol. The molecule has 1 atom stereocenters. The summed E-state index contributed by atoms with van der Waals surface area (Å²) in [7, 11) is 0. The Bertz CT molecular complexity index is 1220. The van der Waals surface area contributed by atoms with Crippen LogP contribution in [0.5, 0.6) is 0 Å². The van der Waals surface area contributed by atoms with Crippen LogP contribution in [0.1, 0.15) is 23.4 Å². The molecular formula is C21H21F3N6O2. The lowest BCUT2D eigenvalue weighted by Crippen LogP contribution is -2.40. The first kappa shape index (κ1) is 20.7. The Kier molecular flexibility index (Phi) is 4.82. The van der Waals surface area contributed by atoms with Crippen molar-refractivity contribution in [2.45, 2.75) is 31.3 Å². The zero-order valence-corrected chi connectivity index (χ0v) is 17.0. The smallest absolute Gasteiger partial charge is 0.383 e. The summed E-state index contributed by atoms with van der Waals surface area (Å²) in [5, 5.41) is 4.54. The monoisotopic (exact) mass is 446 g/mol. The summed E-state index contributed by atoms with van der Waals surface area (Å²) in [5.74, 6) is -0.560. The van der Waals surface area contributed by atoms with E-state index in [4.69, 9.17) is 10.5 Å². The van der Waals surface area contributed by atoms with Crippen LogP contribution < -0.4 is 11.3 Å². The van der Waals surface area contributed by atoms with Crippen LogP contribution >= 0.6 is 0 Å². The van der Waals surface area contributed by atoms with Crippen LogP contribution in [-0.4, -0.2) is 44.3 Å². The summed E-state index contributed by atoms with van der Waals surface area (Å²) in [6, 6.07) is 7.81. The standard InChI is InChI=1S/C21H21F3N6O2/c22-21(23,24)15-8-13(10-26-19(15)25)16-9-17-20(32-7-6-30(17)28-16)4-5-29(12-20)11-14-2-1-3-18(31)27-14/h1-3,8-10H,4-7,11-12H2,(H2,25,26)(H,27,31)/t20-/m1/s1. The quantitative estimate of drug-likeness (QED) is 0.641. The fraction of sp³-hybridized carbons (Fsp3) is 0.381. The van der Waals surface area contributed by atoms with Gasteiger partial charge in [-0.3, -0.25) is 14.4 Å². The largest absolute Gasteiger partial charge is 0.419 e. The van der Waals surface area contributed by atoms with Crippen LogP contribution in [0.3, 0.4) is 0 Å². The Balaban J connectivity index is 1.44. The summed E-state index contributed by atoms with van der Waals surface area (Å²) in [5.41, 5.74) is 5.99. The lowest BCUT2D eigenvalue weighted by molar-refractivity contribution is -0.137. The summed E-state index contributed by atoms with van der Waals surface area (Å²) in [4.78, 5) is 20.3. The second-order valence-electron chi connectivity index (χ2n) is 8.14. The number of aromatic nitrogens is 4. The van der Waals surface area contributed by atoms with Crippen LogP contribution in [0, 0.1) is 0 Å². The minimum Gasteiger partial charge on any atom is -0.383 e. The zero-order valence-electron chi connectivity index (χ0n) is 17.0. The number of fused-ring (bicyclic) bond motifs is 2. The van der Waals surface area contributed by atoms with Crippen molar-refractivity contribution in [2.24, 2.45) is 0 Å². The minimum atomic E-state index is -4.60. The number of likely N-dealkylation sites (tertiary alicyclic amines) is 1. The van der Waals surface area contributed by atoms with Gasteiger partial charge in [0.15, 0.2) is 0 Å². The Morgan fingerprint density at radius 2 is 2.09 bits per heavy atom. The number of nitrogens with one attached hydrogen (secondary N) is 1. The molecule has 0 bridgehead atoms. The first-order valence-electron chi connectivity index (χ1n) is 10.2. The SMILES string of the molecule is Nc1ncc(-c2cc3n(n2)CCO[C@@]32CCN(Cc3cccc(=O)[nH]3)C2)cc1C(F)(F)F. The first-order valence-corrected chi connectivity index (χ1v) is 10.2. The van der Waals surface area contributed by atoms with Gasteiger partial charge in [-0.1, -0.05) is 6.07 Å². The molecule has 3 aromatic rings. The maximum Gasteiger partial charge on any atom is 0.419 e. The maximum absolute atomic E-state index is 13.3. The van der Waals surface area contributed by atoms with Crippen LogP contribution in [0.25, 0.3) is 11.3 Å². The van der Waals surface area contributed by atoms with Gasteiger partial charge in [-0.15, -0.1) is 0 Å². The number of halogens is 3. The molecule has 1 saturated heterocycles. The summed E-state index contributed by atoms with van der Waals surface area (Å²) in [6.45, 7) is 2.87. The summed E-state index contributed by atoms with van der Waals surface area (Å²) in [6.07, 6.45) is -2.58. The molecule has 3 aromatic heterocycles. The van der Waals surface area contributed by atoms with Gasteiger partial charge in [0.2, 0.25) is 5.56 Å². The van der Waals surface area contributed by atoms with Gasteiger partial charge in [-0.25, -0.2) is 4.98 Å². The van der Waals surface area contributed by atoms with Crippen molar-refractivity contribution in [3.8, 4) is 11.3 Å². The molecule has 0 radical (unpaired) electrons. The van der Waals surface area contributed by atoms with Crippen molar-refractivity contribution in [1.82, 2.24) is 24.6 Å². The highest BCUT2D eigenvalue weighted by atomic mass is 19.4. The predicted octanol–water partition coefficient (Wildman–Crippen LogP) is 2.37. The molecule has 5 heterocycles. The van der Waals surface area contributed by atoms with E-state index >= 15 is 0 Å². The lowest BCUT2D eigenvalue weighted by Gasteiger charge is -2.34. The molecule has 0 saturated carbocycles. The van der Waals surface area contributed by atoms with E-state index in [0.717, 1.165) is 24.0 Å². The van der Waals surface area contributed by atoms with Crippen LogP contribution in [0.4, 0.5) is 19.0 Å². The minimum absolute atomic E-state index is 0.150. The van der Waals surface area contributed by atoms with Gasteiger partial charge in [0.1, 0.15) is 11.4 Å². The van der Waals surface area contributed by atoms with E-state index in [2.05, 4.69) is 20.0 Å². The summed E-state index contributed by atoms with van der Waals surface area (Å²) >= 11 is 0. The van der Waals surface area contributed by atoms with E-state index in [1.807, 2.05) is 6.07 Å². The number of nitrogen functional groups attached to an aromatic ring is 1. The molecule has 2 aliphatic rings. The molecule has 0 aromatic carbocycles. The average Bonchev–Trinajstić information content (AvgIpc) is 3.34. The number of hydrogen-bond acceptors (Lipinski definition) is 6. The molecule has 0 unspecified atom stereocenters. The molecule has 3 N–H and O–H groups in total. The van der Waals surface area contributed by atoms with E-state index < -0.39 is 23.2 Å². The van der Waals surface area contributed by atoms with Crippen molar-refractivity contribution in [3.63, 3.8) is 0 Å². The van der Waals surface area contributed by atoms with Crippen LogP contribution in [0.2, 0.25) is 0 Å². The van der Waals surface area contributed by atoms with E-state index in [0.29, 0.717) is 38.4 Å². The third-order valence-corrected chi connectivity index (χ3v) is 5.98. The molecule has 1 spiro atoms. The number of nitrogens with two attached hydrogens (primary N) is 1. The topological polar surface area (TPSA) is 102 Å². The molecule has 11 heteroatoms. The van der Waals surface area contributed by atoms with Crippen molar-refractivity contribution >= 4 is 5.82 Å². The van der Waals surface area contributed by atoms with Crippen molar-refractivity contribution in [1.29, 1.82) is 0 Å². The molecule has 2 aliphatic heterocycles. The predicted molar refractivity (Wildman–Crippen MR) is 109 cm³/mol. The van der Waals surface area contributed by atoms with E-state index in [9.17, 15) is 18.0 Å². The fourth-order valence-corrected chi connectivity index (χ4v) is 4.49. The van der Waals surface area contributed by atoms with Gasteiger partial charge >= 0.3 is 6.18 Å². The number of hydrogen-bond donors (Lipinski definition) is 2. The molecule has 1 fully saturated rings. The zero-order chi connectivity index (χ0) is 22.5. The molecule has 0 aliphatic carbocycles. The third-order valence-electron chi connectivity index (χ3n) is 5.98. The number of alkyl halides is 3. The van der Waals surface area contributed by atoms with E-state index in [-0.39, 0.29) is 11.1 Å². The number of pyridine rings is 2. The van der Waals surface area contributed by atoms with E-state index in [1.165, 1.54) is 12.3 Å². The van der Waals surface area contributed by atoms with Gasteiger partial charge in [-0.2, -0.15) is 18.3 Å². The Morgan fingerprint density at radius 3 is 2.88 bits per heavy atom. The van der Waals surface area contributed by atoms with Crippen molar-refractivity contribution in [2.75, 3.05) is 25.4 Å². The van der Waals surface area contributed by atoms with Crippen molar-refractivity contribution < 1.29 is 17.9 Å². The first-order chi connectivity index (χ1) is 15.2. The second-order valence-corrected chi connectivity index (χ2v) is 8.14. The van der Waals surface area contributed by atoms with Crippen LogP contribution in [-0.2, 0) is 29.6 Å². The van der Waals surface area contributed by atoms with E-state index in [1.54, 1.807) is 16.8 Å². The molecule has 0 amide bonds. The number of rotatable bonds is 3. The lowest BCUT2D eigenvalue weighted by atomic mass is 9.96. The fourth-order valence-electron chi connectivity index (χ4n) is 4.49. The van der Waals surface area contributed by atoms with Gasteiger partial charge in [-0.05, 0) is 24.6 Å². The third kappa shape index (κ3) is 3.67. The second kappa shape index (κ2) is 7.45. The highest BCUT2D eigenvalue weighted by molar-refractivity contribution is 5.63.